The molecule has 8 nitrogen and oxygen atoms in total. The number of hydrogen-bond donors (Lipinski definition) is 0. The maximum Gasteiger partial charge on any atom is 0.330 e. The van der Waals surface area contributed by atoms with E-state index in [1.54, 1.807) is 13.2 Å². The van der Waals surface area contributed by atoms with Crippen LogP contribution < -0.4 is 15.1 Å². The van der Waals surface area contributed by atoms with Gasteiger partial charge in [-0.15, -0.1) is 4.73 Å². The lowest BCUT2D eigenvalue weighted by molar-refractivity contribution is -0.142. The number of ether oxygens (including phenoxy) is 1. The van der Waals surface area contributed by atoms with E-state index in [1.165, 1.54) is 13.3 Å². The van der Waals surface area contributed by atoms with Gasteiger partial charge >= 0.3 is 5.97 Å². The number of fused-ring (bicyclic) bond motifs is 4. The van der Waals surface area contributed by atoms with Crippen molar-refractivity contribution < 1.29 is 18.8 Å². The van der Waals surface area contributed by atoms with Gasteiger partial charge in [-0.1, -0.05) is 24.3 Å². The van der Waals surface area contributed by atoms with Gasteiger partial charge in [0, 0.05) is 29.7 Å². The minimum absolute atomic E-state index is 0.147. The summed E-state index contributed by atoms with van der Waals surface area (Å²) < 4.78 is 12.4. The van der Waals surface area contributed by atoms with E-state index < -0.39 is 16.9 Å². The molecule has 1 aliphatic rings. The van der Waals surface area contributed by atoms with Crippen LogP contribution in [0.5, 0.6) is 5.75 Å². The van der Waals surface area contributed by atoms with Crippen molar-refractivity contribution in [3.05, 3.63) is 69.9 Å². The van der Waals surface area contributed by atoms with Crippen LogP contribution in [0.3, 0.4) is 0 Å². The summed E-state index contributed by atoms with van der Waals surface area (Å²) in [6.45, 7) is 1.21. The second-order valence-electron chi connectivity index (χ2n) is 7.87. The van der Waals surface area contributed by atoms with Gasteiger partial charge in [0.2, 0.25) is 0 Å². The molecule has 2 heterocycles. The lowest BCUT2D eigenvalue weighted by Gasteiger charge is -2.32. The minimum Gasteiger partial charge on any atom is -0.493 e. The average molecular weight is 429 g/mol. The molecule has 0 radical (unpaired) electrons. The Morgan fingerprint density at radius 1 is 1.28 bits per heavy atom. The van der Waals surface area contributed by atoms with Gasteiger partial charge in [0.1, 0.15) is 11.9 Å². The second-order valence-corrected chi connectivity index (χ2v) is 7.87. The monoisotopic (exact) mass is 429 g/mol. The molecule has 5 rings (SSSR count). The fraction of sp³-hybridized carbons (Fsp3) is 0.250. The van der Waals surface area contributed by atoms with Crippen molar-refractivity contribution in [2.75, 3.05) is 7.11 Å². The Morgan fingerprint density at radius 2 is 2.09 bits per heavy atom. The average Bonchev–Trinajstić information content (AvgIpc) is 3.20. The third-order valence-corrected chi connectivity index (χ3v) is 6.06. The number of rotatable bonds is 3. The van der Waals surface area contributed by atoms with Gasteiger partial charge in [-0.2, -0.15) is 5.26 Å². The Balaban J connectivity index is 1.74. The number of aromatic nitrogens is 2. The molecule has 1 atom stereocenters. The summed E-state index contributed by atoms with van der Waals surface area (Å²) in [4.78, 5) is 33.6. The van der Waals surface area contributed by atoms with Gasteiger partial charge in [0.05, 0.1) is 24.3 Å². The molecule has 8 heteroatoms. The molecule has 0 saturated carbocycles. The third-order valence-electron chi connectivity index (χ3n) is 6.06. The first-order chi connectivity index (χ1) is 15.5. The Labute approximate surface area is 182 Å². The molecule has 32 heavy (non-hydrogen) atoms. The van der Waals surface area contributed by atoms with Crippen molar-refractivity contribution >= 4 is 27.9 Å². The second kappa shape index (κ2) is 7.24. The van der Waals surface area contributed by atoms with E-state index in [4.69, 9.17) is 14.0 Å². The highest BCUT2D eigenvalue weighted by atomic mass is 16.7. The van der Waals surface area contributed by atoms with E-state index in [-0.39, 0.29) is 6.42 Å². The van der Waals surface area contributed by atoms with Crippen LogP contribution in [0.1, 0.15) is 30.2 Å². The highest BCUT2D eigenvalue weighted by Gasteiger charge is 2.41. The summed E-state index contributed by atoms with van der Waals surface area (Å²) in [5.74, 6) is -0.0546. The molecule has 2 aromatic carbocycles. The number of nitriles is 1. The Morgan fingerprint density at radius 3 is 2.84 bits per heavy atom. The fourth-order valence-corrected chi connectivity index (χ4v) is 4.58. The van der Waals surface area contributed by atoms with Crippen molar-refractivity contribution in [1.29, 1.82) is 5.26 Å². The molecule has 1 aliphatic carbocycles. The molecule has 0 N–H and O–H groups in total. The number of aryl methyl sites for hydroxylation is 1. The number of benzene rings is 2. The SMILES string of the molecule is COc1ccc(C2(C#N)CCc3ncn(OC(C)=O)c(=O)c3C2)c2c1oc1ccccc12. The van der Waals surface area contributed by atoms with E-state index in [1.807, 2.05) is 30.3 Å². The van der Waals surface area contributed by atoms with Crippen molar-refractivity contribution in [2.45, 2.75) is 31.6 Å². The molecule has 0 bridgehead atoms. The van der Waals surface area contributed by atoms with Crippen molar-refractivity contribution in [3.8, 4) is 11.8 Å². The maximum atomic E-state index is 13.0. The number of methoxy groups -OCH3 is 1. The van der Waals surface area contributed by atoms with Gasteiger partial charge < -0.3 is 14.0 Å². The van der Waals surface area contributed by atoms with E-state index >= 15 is 0 Å². The standard InChI is InChI=1S/C24H19N3O5/c1-14(28)32-27-13-26-18-9-10-24(12-25,11-16(18)23(27)29)17-7-8-20(30-2)22-21(17)15-5-3-4-6-19(15)31-22/h3-8,13H,9-11H2,1-2H3. The van der Waals surface area contributed by atoms with Gasteiger partial charge in [-0.3, -0.25) is 4.79 Å². The number of carbonyl (C=O) groups is 1. The van der Waals surface area contributed by atoms with Crippen LogP contribution in [0.15, 0.2) is 51.9 Å². The van der Waals surface area contributed by atoms with E-state index in [2.05, 4.69) is 11.1 Å². The topological polar surface area (TPSA) is 107 Å². The highest BCUT2D eigenvalue weighted by Crippen LogP contribution is 2.45. The van der Waals surface area contributed by atoms with Crippen LogP contribution in [-0.4, -0.2) is 22.8 Å². The smallest absolute Gasteiger partial charge is 0.330 e. The van der Waals surface area contributed by atoms with E-state index in [9.17, 15) is 14.9 Å². The van der Waals surface area contributed by atoms with Crippen LogP contribution in [0, 0.1) is 11.3 Å². The summed E-state index contributed by atoms with van der Waals surface area (Å²) in [6.07, 6.45) is 2.29. The third kappa shape index (κ3) is 2.86. The van der Waals surface area contributed by atoms with Crippen molar-refractivity contribution in [1.82, 2.24) is 9.71 Å². The lowest BCUT2D eigenvalue weighted by atomic mass is 9.68. The van der Waals surface area contributed by atoms with Crippen molar-refractivity contribution in [2.24, 2.45) is 0 Å². The number of furan rings is 1. The summed E-state index contributed by atoms with van der Waals surface area (Å²) in [5, 5.41) is 12.1. The van der Waals surface area contributed by atoms with E-state index in [0.29, 0.717) is 41.0 Å². The lowest BCUT2D eigenvalue weighted by Crippen LogP contribution is -2.40. The Hall–Kier alpha value is -4.12. The van der Waals surface area contributed by atoms with Gasteiger partial charge in [0.15, 0.2) is 11.3 Å². The van der Waals surface area contributed by atoms with Crippen LogP contribution in [0.2, 0.25) is 0 Å². The molecule has 0 amide bonds. The largest absolute Gasteiger partial charge is 0.493 e. The van der Waals surface area contributed by atoms with Gasteiger partial charge in [0.25, 0.3) is 5.56 Å². The maximum absolute atomic E-state index is 13.0. The molecular weight excluding hydrogens is 410 g/mol. The van der Waals surface area contributed by atoms with Crippen LogP contribution in [0.25, 0.3) is 21.9 Å². The highest BCUT2D eigenvalue weighted by molar-refractivity contribution is 6.09. The molecular formula is C24H19N3O5. The molecule has 0 fully saturated rings. The normalized spacial score (nSPS) is 17.7. The summed E-state index contributed by atoms with van der Waals surface area (Å²) in [7, 11) is 1.57. The predicted molar refractivity (Wildman–Crippen MR) is 115 cm³/mol. The first-order valence-electron chi connectivity index (χ1n) is 10.2. The van der Waals surface area contributed by atoms with Gasteiger partial charge in [-0.25, -0.2) is 9.78 Å². The van der Waals surface area contributed by atoms with Crippen LogP contribution >= 0.6 is 0 Å². The number of carbonyl (C=O) groups excluding carboxylic acids is 1. The van der Waals surface area contributed by atoms with Crippen molar-refractivity contribution in [3.63, 3.8) is 0 Å². The number of hydrogen-bond acceptors (Lipinski definition) is 7. The zero-order valence-electron chi connectivity index (χ0n) is 17.5. The summed E-state index contributed by atoms with van der Waals surface area (Å²) in [6, 6.07) is 13.8. The number of para-hydroxylation sites is 1. The zero-order chi connectivity index (χ0) is 22.5. The summed E-state index contributed by atoms with van der Waals surface area (Å²) >= 11 is 0. The quantitative estimate of drug-likeness (QED) is 0.492. The first kappa shape index (κ1) is 19.8. The molecule has 0 saturated heterocycles. The predicted octanol–water partition coefficient (Wildman–Crippen LogP) is 3.08. The first-order valence-corrected chi connectivity index (χ1v) is 10.2. The molecule has 2 aromatic heterocycles. The molecule has 160 valence electrons. The zero-order valence-corrected chi connectivity index (χ0v) is 17.5. The Kier molecular flexibility index (Phi) is 4.48. The molecule has 0 spiro atoms. The summed E-state index contributed by atoms with van der Waals surface area (Å²) in [5.41, 5.74) is 1.55. The number of nitrogens with zero attached hydrogens (tertiary/aromatic N) is 3. The van der Waals surface area contributed by atoms with Crippen LogP contribution in [0.4, 0.5) is 0 Å². The Bertz CT molecular complexity index is 1490. The van der Waals surface area contributed by atoms with E-state index in [0.717, 1.165) is 21.1 Å². The van der Waals surface area contributed by atoms with Crippen LogP contribution in [-0.2, 0) is 23.1 Å². The minimum atomic E-state index is -0.986. The molecule has 4 aromatic rings. The van der Waals surface area contributed by atoms with Gasteiger partial charge in [-0.05, 0) is 30.5 Å². The fourth-order valence-electron chi connectivity index (χ4n) is 4.58. The molecule has 0 aliphatic heterocycles. The molecule has 1 unspecified atom stereocenters.